The largest absolute Gasteiger partial charge is 0.300 e. The molecule has 0 fully saturated rings. The maximum atomic E-state index is 9.44. The summed E-state index contributed by atoms with van der Waals surface area (Å²) in [5, 5.41) is 9.92. The summed E-state index contributed by atoms with van der Waals surface area (Å²) in [5.74, 6) is 0.167. The Morgan fingerprint density at radius 3 is 1.19 bits per heavy atom. The van der Waals surface area contributed by atoms with Gasteiger partial charge < -0.3 is 4.79 Å². The van der Waals surface area contributed by atoms with Gasteiger partial charge in [0, 0.05) is 32.3 Å². The van der Waals surface area contributed by atoms with Gasteiger partial charge in [-0.05, 0) is 48.9 Å². The number of rotatable bonds is 0. The monoisotopic (exact) mass is 464 g/mol. The van der Waals surface area contributed by atoms with Crippen molar-refractivity contribution in [3.8, 4) is 0 Å². The Morgan fingerprint density at radius 1 is 0.472 bits per heavy atom. The summed E-state index contributed by atoms with van der Waals surface area (Å²) in [6, 6.07) is 38.2. The van der Waals surface area contributed by atoms with E-state index in [1.165, 1.54) is 56.9 Å². The van der Waals surface area contributed by atoms with E-state index in [2.05, 4.69) is 97.1 Å². The van der Waals surface area contributed by atoms with Crippen molar-refractivity contribution in [3.05, 3.63) is 109 Å². The van der Waals surface area contributed by atoms with Crippen molar-refractivity contribution in [2.75, 3.05) is 0 Å². The molecule has 0 saturated carbocycles. The van der Waals surface area contributed by atoms with Crippen LogP contribution >= 0.6 is 0 Å². The second-order valence-corrected chi connectivity index (χ2v) is 9.22. The van der Waals surface area contributed by atoms with Gasteiger partial charge in [0.1, 0.15) is 5.78 Å². The maximum absolute atomic E-state index is 9.44. The van der Waals surface area contributed by atoms with Crippen LogP contribution in [-0.4, -0.2) is 15.8 Å². The topological polar surface area (TPSA) is 42.9 Å². The van der Waals surface area contributed by atoms with Gasteiger partial charge in [-0.15, -0.1) is 0 Å². The van der Waals surface area contributed by atoms with E-state index in [1.807, 2.05) is 12.1 Å². The van der Waals surface area contributed by atoms with Gasteiger partial charge in [0.25, 0.3) is 0 Å². The smallest absolute Gasteiger partial charge is 0.126 e. The molecular weight excluding hydrogens is 440 g/mol. The molecule has 0 unspecified atom stereocenters. The lowest BCUT2D eigenvalue weighted by atomic mass is 10.0. The number of fused-ring (bicyclic) bond motifs is 6. The third kappa shape index (κ3) is 3.95. The summed E-state index contributed by atoms with van der Waals surface area (Å²) in [6.45, 7) is 3.06. The molecule has 0 radical (unpaired) electrons. The van der Waals surface area contributed by atoms with Crippen molar-refractivity contribution in [2.24, 2.45) is 0 Å². The molecule has 0 spiro atoms. The van der Waals surface area contributed by atoms with Crippen LogP contribution in [0.3, 0.4) is 0 Å². The van der Waals surface area contributed by atoms with Gasteiger partial charge in [-0.2, -0.15) is 0 Å². The molecular formula is C33H24N2O. The Bertz CT molecular complexity index is 1670. The second kappa shape index (κ2) is 8.86. The number of pyridine rings is 2. The highest BCUT2D eigenvalue weighted by Crippen LogP contribution is 2.30. The molecule has 2 aromatic heterocycles. The van der Waals surface area contributed by atoms with E-state index >= 15 is 0 Å². The fourth-order valence-electron chi connectivity index (χ4n) is 4.73. The van der Waals surface area contributed by atoms with E-state index in [1.54, 1.807) is 0 Å². The van der Waals surface area contributed by atoms with Gasteiger partial charge >= 0.3 is 0 Å². The third-order valence-corrected chi connectivity index (χ3v) is 6.39. The quantitative estimate of drug-likeness (QED) is 0.211. The minimum atomic E-state index is 0.167. The van der Waals surface area contributed by atoms with Crippen LogP contribution in [0.4, 0.5) is 0 Å². The molecule has 4 bridgehead atoms. The van der Waals surface area contributed by atoms with Crippen molar-refractivity contribution in [2.45, 2.75) is 13.8 Å². The van der Waals surface area contributed by atoms with Crippen LogP contribution < -0.4 is 0 Å². The van der Waals surface area contributed by atoms with Gasteiger partial charge in [-0.25, -0.2) is 9.97 Å². The number of hydrogen-bond donors (Lipinski definition) is 0. The second-order valence-electron chi connectivity index (χ2n) is 9.22. The molecule has 3 nitrogen and oxygen atoms in total. The number of para-hydroxylation sites is 2. The van der Waals surface area contributed by atoms with Crippen LogP contribution in [0.2, 0.25) is 0 Å². The highest BCUT2D eigenvalue weighted by molar-refractivity contribution is 6.12. The predicted molar refractivity (Wildman–Crippen MR) is 152 cm³/mol. The Morgan fingerprint density at radius 2 is 0.806 bits per heavy atom. The third-order valence-electron chi connectivity index (χ3n) is 6.39. The molecule has 0 aliphatic rings. The molecule has 10 aromatic rings. The van der Waals surface area contributed by atoms with Crippen LogP contribution in [0.5, 0.6) is 0 Å². The first-order chi connectivity index (χ1) is 17.6. The summed E-state index contributed by atoms with van der Waals surface area (Å²) in [5.41, 5.74) is 4.39. The zero-order valence-electron chi connectivity index (χ0n) is 20.2. The van der Waals surface area contributed by atoms with E-state index in [0.717, 1.165) is 22.1 Å². The van der Waals surface area contributed by atoms with E-state index in [9.17, 15) is 4.79 Å². The Labute approximate surface area is 208 Å². The summed E-state index contributed by atoms with van der Waals surface area (Å²) < 4.78 is 0. The van der Waals surface area contributed by atoms with E-state index in [-0.39, 0.29) is 5.78 Å². The number of carbonyl (C=O) groups is 1. The van der Waals surface area contributed by atoms with Crippen molar-refractivity contribution in [3.63, 3.8) is 0 Å². The summed E-state index contributed by atoms with van der Waals surface area (Å²) in [6.07, 6.45) is 0. The first-order valence-corrected chi connectivity index (χ1v) is 12.1. The number of ketones is 1. The molecule has 0 atom stereocenters. The Kier molecular flexibility index (Phi) is 5.38. The number of Topliss-reactive ketones (excluding diaryl/α,β-unsaturated/α-hetero) is 1. The molecule has 36 heavy (non-hydrogen) atoms. The first-order valence-electron chi connectivity index (χ1n) is 12.1. The summed E-state index contributed by atoms with van der Waals surface area (Å²) in [7, 11) is 0. The van der Waals surface area contributed by atoms with Crippen molar-refractivity contribution in [1.29, 1.82) is 0 Å². The zero-order valence-corrected chi connectivity index (χ0v) is 20.2. The minimum absolute atomic E-state index is 0.167. The van der Waals surface area contributed by atoms with Crippen LogP contribution in [0, 0.1) is 0 Å². The molecule has 10 rings (SSSR count). The fourth-order valence-corrected chi connectivity index (χ4v) is 4.73. The molecule has 0 N–H and O–H groups in total. The van der Waals surface area contributed by atoms with Crippen LogP contribution in [-0.2, 0) is 4.79 Å². The average molecular weight is 465 g/mol. The first kappa shape index (κ1) is 21.9. The SMILES string of the molecule is CC(C)=O.c1ccc2nc3c4ccc(cc4)c3cc2c1.c1ccc2nc3c4ccc(cc4)c3cc2c1. The number of carbonyl (C=O) groups excluding carboxylic acids is 1. The minimum Gasteiger partial charge on any atom is -0.300 e. The standard InChI is InChI=1S/2C15H9N.C3H6O/c2*1-2-4-14-12(3-1)9-13-10-5-7-11(8-6-10)15(13)16-14;1-3(2)4/h2*1-9H;1-2H3. The van der Waals surface area contributed by atoms with E-state index < -0.39 is 0 Å². The highest BCUT2D eigenvalue weighted by Gasteiger charge is 2.06. The highest BCUT2D eigenvalue weighted by atomic mass is 16.1. The zero-order chi connectivity index (χ0) is 24.6. The predicted octanol–water partition coefficient (Wildman–Crippen LogP) is 8.55. The van der Waals surface area contributed by atoms with Crippen molar-refractivity contribution < 1.29 is 4.79 Å². The van der Waals surface area contributed by atoms with Crippen molar-refractivity contribution in [1.82, 2.24) is 9.97 Å². The van der Waals surface area contributed by atoms with Gasteiger partial charge in [0.05, 0.1) is 22.1 Å². The van der Waals surface area contributed by atoms with Gasteiger partial charge in [0.2, 0.25) is 0 Å². The normalized spacial score (nSPS) is 11.2. The lowest BCUT2D eigenvalue weighted by Crippen LogP contribution is -1.85. The number of benzene rings is 8. The van der Waals surface area contributed by atoms with Gasteiger partial charge in [-0.1, -0.05) is 84.9 Å². The number of aromatic nitrogens is 2. The fraction of sp³-hybridized carbons (Fsp3) is 0.0606. The lowest BCUT2D eigenvalue weighted by molar-refractivity contribution is -0.114. The molecule has 8 aromatic carbocycles. The molecule has 0 aliphatic heterocycles. The Hall–Kier alpha value is -4.63. The number of nitrogens with zero attached hydrogens (tertiary/aromatic N) is 2. The van der Waals surface area contributed by atoms with Gasteiger partial charge in [0.15, 0.2) is 0 Å². The summed E-state index contributed by atoms with van der Waals surface area (Å²) >= 11 is 0. The van der Waals surface area contributed by atoms with Crippen LogP contribution in [0.15, 0.2) is 109 Å². The Balaban J connectivity index is 0.000000117. The molecule has 0 saturated heterocycles. The number of hydrogen-bond acceptors (Lipinski definition) is 3. The lowest BCUT2D eigenvalue weighted by Gasteiger charge is -2.07. The van der Waals surface area contributed by atoms with Crippen LogP contribution in [0.25, 0.3) is 65.2 Å². The average Bonchev–Trinajstić information content (AvgIpc) is 2.92. The van der Waals surface area contributed by atoms with Crippen LogP contribution in [0.1, 0.15) is 13.8 Å². The molecule has 2 heterocycles. The molecule has 3 heteroatoms. The van der Waals surface area contributed by atoms with E-state index in [0.29, 0.717) is 0 Å². The maximum Gasteiger partial charge on any atom is 0.126 e. The molecule has 172 valence electrons. The van der Waals surface area contributed by atoms with Gasteiger partial charge in [-0.3, -0.25) is 0 Å². The molecule has 0 aliphatic carbocycles. The molecule has 0 amide bonds. The van der Waals surface area contributed by atoms with Crippen molar-refractivity contribution >= 4 is 70.9 Å². The van der Waals surface area contributed by atoms with E-state index in [4.69, 9.17) is 9.97 Å². The summed E-state index contributed by atoms with van der Waals surface area (Å²) in [4.78, 5) is 18.9.